The maximum atomic E-state index is 11.6. The van der Waals surface area contributed by atoms with Crippen LogP contribution in [-0.4, -0.2) is 16.2 Å². The standard InChI is InChI=1S/C16H10ClNO3/c17-12-8-6-10(7-9-12)14-13(16(19)20)15(21-18-14)11-4-2-1-3-5-11/h1-9H,(H,19,20). The summed E-state index contributed by atoms with van der Waals surface area (Å²) in [6.45, 7) is 0. The normalized spacial score (nSPS) is 10.5. The lowest BCUT2D eigenvalue weighted by Crippen LogP contribution is -1.99. The highest BCUT2D eigenvalue weighted by molar-refractivity contribution is 6.30. The third-order valence-corrected chi connectivity index (χ3v) is 3.31. The zero-order chi connectivity index (χ0) is 14.8. The van der Waals surface area contributed by atoms with Gasteiger partial charge in [0.1, 0.15) is 11.3 Å². The first kappa shape index (κ1) is 13.4. The fourth-order valence-electron chi connectivity index (χ4n) is 2.08. The average molecular weight is 300 g/mol. The van der Waals surface area contributed by atoms with Crippen molar-refractivity contribution in [2.75, 3.05) is 0 Å². The van der Waals surface area contributed by atoms with E-state index >= 15 is 0 Å². The van der Waals surface area contributed by atoms with Crippen LogP contribution in [0.5, 0.6) is 0 Å². The topological polar surface area (TPSA) is 63.3 Å². The number of hydrogen-bond donors (Lipinski definition) is 1. The van der Waals surface area contributed by atoms with Crippen LogP contribution in [0.25, 0.3) is 22.6 Å². The van der Waals surface area contributed by atoms with Crippen LogP contribution in [0.2, 0.25) is 5.02 Å². The van der Waals surface area contributed by atoms with Crippen LogP contribution in [-0.2, 0) is 0 Å². The molecule has 21 heavy (non-hydrogen) atoms. The van der Waals surface area contributed by atoms with Gasteiger partial charge in [-0.05, 0) is 12.1 Å². The third-order valence-electron chi connectivity index (χ3n) is 3.06. The fraction of sp³-hybridized carbons (Fsp3) is 0. The highest BCUT2D eigenvalue weighted by Gasteiger charge is 2.24. The second kappa shape index (κ2) is 5.42. The molecule has 0 aliphatic rings. The molecule has 1 aromatic heterocycles. The molecule has 0 fully saturated rings. The van der Waals surface area contributed by atoms with E-state index in [2.05, 4.69) is 5.16 Å². The number of nitrogens with zero attached hydrogens (tertiary/aromatic N) is 1. The summed E-state index contributed by atoms with van der Waals surface area (Å²) in [5.41, 5.74) is 1.65. The number of carboxylic acids is 1. The maximum Gasteiger partial charge on any atom is 0.342 e. The molecule has 0 saturated carbocycles. The lowest BCUT2D eigenvalue weighted by Gasteiger charge is -2.00. The summed E-state index contributed by atoms with van der Waals surface area (Å²) in [5.74, 6) is -0.840. The Morgan fingerprint density at radius 3 is 2.29 bits per heavy atom. The first-order valence-corrected chi connectivity index (χ1v) is 6.59. The molecule has 0 unspecified atom stereocenters. The quantitative estimate of drug-likeness (QED) is 0.780. The smallest absolute Gasteiger partial charge is 0.342 e. The molecule has 0 aliphatic heterocycles. The van der Waals surface area contributed by atoms with Gasteiger partial charge in [0.05, 0.1) is 0 Å². The summed E-state index contributed by atoms with van der Waals surface area (Å²) >= 11 is 5.84. The van der Waals surface area contributed by atoms with Crippen LogP contribution in [0.4, 0.5) is 0 Å². The van der Waals surface area contributed by atoms with E-state index in [1.54, 1.807) is 36.4 Å². The molecule has 4 nitrogen and oxygen atoms in total. The van der Waals surface area contributed by atoms with Gasteiger partial charge in [-0.3, -0.25) is 0 Å². The summed E-state index contributed by atoms with van der Waals surface area (Å²) in [6.07, 6.45) is 0. The Morgan fingerprint density at radius 2 is 1.67 bits per heavy atom. The second-order valence-electron chi connectivity index (χ2n) is 4.41. The van der Waals surface area contributed by atoms with Crippen molar-refractivity contribution >= 4 is 17.6 Å². The molecule has 0 aliphatic carbocycles. The number of aromatic carboxylic acids is 1. The highest BCUT2D eigenvalue weighted by atomic mass is 35.5. The monoisotopic (exact) mass is 299 g/mol. The summed E-state index contributed by atoms with van der Waals surface area (Å²) in [6, 6.07) is 15.8. The summed E-state index contributed by atoms with van der Waals surface area (Å²) in [5, 5.41) is 14.0. The number of aromatic nitrogens is 1. The van der Waals surface area contributed by atoms with E-state index < -0.39 is 5.97 Å². The largest absolute Gasteiger partial charge is 0.477 e. The number of benzene rings is 2. The molecule has 0 amide bonds. The predicted molar refractivity (Wildman–Crippen MR) is 79.3 cm³/mol. The van der Waals surface area contributed by atoms with E-state index in [9.17, 15) is 9.90 Å². The van der Waals surface area contributed by atoms with Crippen LogP contribution in [0.1, 0.15) is 10.4 Å². The van der Waals surface area contributed by atoms with Crippen molar-refractivity contribution in [2.24, 2.45) is 0 Å². The van der Waals surface area contributed by atoms with E-state index in [-0.39, 0.29) is 17.0 Å². The van der Waals surface area contributed by atoms with Crippen LogP contribution in [0.15, 0.2) is 59.1 Å². The Labute approximate surface area is 125 Å². The van der Waals surface area contributed by atoms with Crippen LogP contribution < -0.4 is 0 Å². The van der Waals surface area contributed by atoms with Crippen molar-refractivity contribution in [2.45, 2.75) is 0 Å². The molecule has 5 heteroatoms. The van der Waals surface area contributed by atoms with Crippen molar-refractivity contribution in [3.05, 3.63) is 65.2 Å². The van der Waals surface area contributed by atoms with E-state index in [0.29, 0.717) is 16.1 Å². The molecule has 0 bridgehead atoms. The van der Waals surface area contributed by atoms with E-state index in [1.165, 1.54) is 0 Å². The fourth-order valence-corrected chi connectivity index (χ4v) is 2.21. The number of halogens is 1. The van der Waals surface area contributed by atoms with Gasteiger partial charge in [-0.2, -0.15) is 0 Å². The third kappa shape index (κ3) is 2.53. The van der Waals surface area contributed by atoms with Crippen molar-refractivity contribution in [1.82, 2.24) is 5.16 Å². The first-order valence-electron chi connectivity index (χ1n) is 6.21. The molecular weight excluding hydrogens is 290 g/mol. The molecule has 0 spiro atoms. The highest BCUT2D eigenvalue weighted by Crippen LogP contribution is 2.32. The molecule has 3 rings (SSSR count). The molecule has 3 aromatic rings. The van der Waals surface area contributed by atoms with Gasteiger partial charge in [0.2, 0.25) is 0 Å². The predicted octanol–water partition coefficient (Wildman–Crippen LogP) is 4.36. The van der Waals surface area contributed by atoms with Gasteiger partial charge in [0, 0.05) is 16.1 Å². The SMILES string of the molecule is O=C(O)c1c(-c2ccc(Cl)cc2)noc1-c1ccccc1. The minimum Gasteiger partial charge on any atom is -0.477 e. The maximum absolute atomic E-state index is 11.6. The summed E-state index contributed by atoms with van der Waals surface area (Å²) in [4.78, 5) is 11.6. The minimum atomic E-state index is -1.08. The molecule has 2 aromatic carbocycles. The average Bonchev–Trinajstić information content (AvgIpc) is 2.94. The molecule has 1 heterocycles. The molecule has 104 valence electrons. The van der Waals surface area contributed by atoms with Gasteiger partial charge in [0.15, 0.2) is 5.76 Å². The Morgan fingerprint density at radius 1 is 1.00 bits per heavy atom. The first-order chi connectivity index (χ1) is 10.2. The van der Waals surface area contributed by atoms with Crippen LogP contribution >= 0.6 is 11.6 Å². The van der Waals surface area contributed by atoms with Crippen molar-refractivity contribution in [3.8, 4) is 22.6 Å². The van der Waals surface area contributed by atoms with Gasteiger partial charge in [0.25, 0.3) is 0 Å². The minimum absolute atomic E-state index is 0.0449. The van der Waals surface area contributed by atoms with Crippen LogP contribution in [0, 0.1) is 0 Å². The summed E-state index contributed by atoms with van der Waals surface area (Å²) < 4.78 is 5.26. The Bertz CT molecular complexity index is 779. The zero-order valence-corrected chi connectivity index (χ0v) is 11.5. The van der Waals surface area contributed by atoms with E-state index in [4.69, 9.17) is 16.1 Å². The van der Waals surface area contributed by atoms with E-state index in [1.807, 2.05) is 18.2 Å². The van der Waals surface area contributed by atoms with E-state index in [0.717, 1.165) is 0 Å². The van der Waals surface area contributed by atoms with Gasteiger partial charge in [-0.15, -0.1) is 0 Å². The van der Waals surface area contributed by atoms with Gasteiger partial charge in [-0.25, -0.2) is 4.79 Å². The molecular formula is C16H10ClNO3. The second-order valence-corrected chi connectivity index (χ2v) is 4.85. The number of hydrogen-bond acceptors (Lipinski definition) is 3. The Hall–Kier alpha value is -2.59. The molecule has 1 N–H and O–H groups in total. The lowest BCUT2D eigenvalue weighted by molar-refractivity contribution is 0.0698. The lowest BCUT2D eigenvalue weighted by atomic mass is 10.0. The van der Waals surface area contributed by atoms with Crippen LogP contribution in [0.3, 0.4) is 0 Å². The number of carbonyl (C=O) groups is 1. The van der Waals surface area contributed by atoms with Gasteiger partial charge >= 0.3 is 5.97 Å². The van der Waals surface area contributed by atoms with Crippen molar-refractivity contribution in [1.29, 1.82) is 0 Å². The van der Waals surface area contributed by atoms with Crippen molar-refractivity contribution < 1.29 is 14.4 Å². The Kier molecular flexibility index (Phi) is 3.46. The van der Waals surface area contributed by atoms with Gasteiger partial charge in [-0.1, -0.05) is 59.2 Å². The Balaban J connectivity index is 2.17. The molecule has 0 radical (unpaired) electrons. The number of rotatable bonds is 3. The molecule has 0 saturated heterocycles. The molecule has 0 atom stereocenters. The number of carboxylic acid groups (broad SMARTS) is 1. The summed E-state index contributed by atoms with van der Waals surface area (Å²) in [7, 11) is 0. The zero-order valence-electron chi connectivity index (χ0n) is 10.8. The van der Waals surface area contributed by atoms with Crippen molar-refractivity contribution in [3.63, 3.8) is 0 Å². The van der Waals surface area contributed by atoms with Gasteiger partial charge < -0.3 is 9.63 Å².